The number of benzene rings is 2. The molecular weight excluding hydrogens is 445 g/mol. The van der Waals surface area contributed by atoms with E-state index in [9.17, 15) is 4.79 Å². The van der Waals surface area contributed by atoms with Crippen molar-refractivity contribution in [2.75, 3.05) is 5.32 Å². The van der Waals surface area contributed by atoms with Crippen LogP contribution >= 0.6 is 23.2 Å². The van der Waals surface area contributed by atoms with Gasteiger partial charge in [-0.3, -0.25) is 14.2 Å². The van der Waals surface area contributed by atoms with Crippen LogP contribution in [0.3, 0.4) is 0 Å². The fraction of sp³-hybridized carbons (Fsp3) is 0.208. The third-order valence-corrected chi connectivity index (χ3v) is 5.93. The van der Waals surface area contributed by atoms with Crippen LogP contribution in [0.5, 0.6) is 0 Å². The van der Waals surface area contributed by atoms with Crippen molar-refractivity contribution in [3.8, 4) is 0 Å². The molecule has 164 valence electrons. The molecule has 0 fully saturated rings. The molecule has 32 heavy (non-hydrogen) atoms. The molecule has 2 heterocycles. The summed E-state index contributed by atoms with van der Waals surface area (Å²) in [5.74, 6) is 0.250. The number of aromatic nitrogens is 4. The lowest BCUT2D eigenvalue weighted by Gasteiger charge is -2.09. The highest BCUT2D eigenvalue weighted by atomic mass is 35.5. The van der Waals surface area contributed by atoms with E-state index in [0.29, 0.717) is 34.5 Å². The average Bonchev–Trinajstić information content (AvgIpc) is 3.25. The van der Waals surface area contributed by atoms with Gasteiger partial charge >= 0.3 is 0 Å². The topological polar surface area (TPSA) is 64.7 Å². The van der Waals surface area contributed by atoms with Crippen LogP contribution < -0.4 is 5.32 Å². The number of rotatable bonds is 6. The summed E-state index contributed by atoms with van der Waals surface area (Å²) in [5.41, 5.74) is 5.29. The van der Waals surface area contributed by atoms with E-state index in [1.54, 1.807) is 28.9 Å². The van der Waals surface area contributed by atoms with Crippen LogP contribution in [0, 0.1) is 20.8 Å². The molecule has 0 bridgehead atoms. The molecule has 1 amide bonds. The molecule has 0 saturated heterocycles. The summed E-state index contributed by atoms with van der Waals surface area (Å²) in [6.07, 6.45) is 0. The monoisotopic (exact) mass is 467 g/mol. The van der Waals surface area contributed by atoms with E-state index in [1.165, 1.54) is 0 Å². The van der Waals surface area contributed by atoms with Crippen molar-refractivity contribution in [2.24, 2.45) is 0 Å². The number of hydrogen-bond acceptors (Lipinski definition) is 3. The Bertz CT molecular complexity index is 1270. The molecule has 0 aliphatic carbocycles. The van der Waals surface area contributed by atoms with Gasteiger partial charge in [-0.1, -0.05) is 41.4 Å². The lowest BCUT2D eigenvalue weighted by molar-refractivity contribution is 0.102. The molecule has 6 nitrogen and oxygen atoms in total. The van der Waals surface area contributed by atoms with Gasteiger partial charge < -0.3 is 5.32 Å². The summed E-state index contributed by atoms with van der Waals surface area (Å²) in [5, 5.41) is 13.0. The van der Waals surface area contributed by atoms with Gasteiger partial charge in [-0.05, 0) is 56.7 Å². The Morgan fingerprint density at radius 2 is 1.53 bits per heavy atom. The van der Waals surface area contributed by atoms with Crippen LogP contribution in [0.1, 0.15) is 38.6 Å². The Labute approximate surface area is 196 Å². The van der Waals surface area contributed by atoms with Gasteiger partial charge in [-0.25, -0.2) is 0 Å². The molecule has 4 aromatic rings. The third kappa shape index (κ3) is 4.87. The normalized spacial score (nSPS) is 11.0. The minimum Gasteiger partial charge on any atom is -0.305 e. The molecule has 0 atom stereocenters. The second-order valence-corrected chi connectivity index (χ2v) is 8.58. The van der Waals surface area contributed by atoms with Crippen molar-refractivity contribution in [1.82, 2.24) is 19.6 Å². The lowest BCUT2D eigenvalue weighted by atomic mass is 10.1. The molecule has 4 rings (SSSR count). The summed E-state index contributed by atoms with van der Waals surface area (Å²) in [4.78, 5) is 12.9. The molecule has 0 spiro atoms. The summed E-state index contributed by atoms with van der Waals surface area (Å²) in [6.45, 7) is 6.92. The number of anilines is 1. The first-order chi connectivity index (χ1) is 15.3. The van der Waals surface area contributed by atoms with E-state index in [1.807, 2.05) is 55.8 Å². The predicted molar refractivity (Wildman–Crippen MR) is 128 cm³/mol. The van der Waals surface area contributed by atoms with Gasteiger partial charge in [0.15, 0.2) is 5.82 Å². The minimum atomic E-state index is -0.222. The highest BCUT2D eigenvalue weighted by Crippen LogP contribution is 2.26. The Balaban J connectivity index is 1.49. The van der Waals surface area contributed by atoms with E-state index in [2.05, 4.69) is 15.5 Å². The van der Waals surface area contributed by atoms with E-state index in [4.69, 9.17) is 23.2 Å². The summed E-state index contributed by atoms with van der Waals surface area (Å²) < 4.78 is 3.69. The Morgan fingerprint density at radius 3 is 2.22 bits per heavy atom. The van der Waals surface area contributed by atoms with E-state index < -0.39 is 0 Å². The maximum Gasteiger partial charge on any atom is 0.256 e. The fourth-order valence-corrected chi connectivity index (χ4v) is 4.09. The molecule has 8 heteroatoms. The van der Waals surface area contributed by atoms with Crippen molar-refractivity contribution >= 4 is 34.9 Å². The van der Waals surface area contributed by atoms with Gasteiger partial charge in [-0.15, -0.1) is 0 Å². The summed E-state index contributed by atoms with van der Waals surface area (Å²) in [7, 11) is 0. The molecule has 0 aliphatic rings. The van der Waals surface area contributed by atoms with Crippen LogP contribution in [0.4, 0.5) is 5.82 Å². The largest absolute Gasteiger partial charge is 0.305 e. The summed E-state index contributed by atoms with van der Waals surface area (Å²) >= 11 is 12.6. The first kappa shape index (κ1) is 22.1. The number of aryl methyl sites for hydroxylation is 3. The number of amides is 1. The van der Waals surface area contributed by atoms with Crippen molar-refractivity contribution in [2.45, 2.75) is 33.9 Å². The second-order valence-electron chi connectivity index (χ2n) is 7.77. The Kier molecular flexibility index (Phi) is 6.35. The highest BCUT2D eigenvalue weighted by Gasteiger charge is 2.13. The number of carbonyl (C=O) groups is 1. The number of carbonyl (C=O) groups excluding carboxylic acids is 1. The molecular formula is C24H23Cl2N5O. The van der Waals surface area contributed by atoms with Crippen LogP contribution in [0.2, 0.25) is 10.0 Å². The van der Waals surface area contributed by atoms with E-state index >= 15 is 0 Å². The number of nitrogens with zero attached hydrogens (tertiary/aromatic N) is 4. The van der Waals surface area contributed by atoms with E-state index in [-0.39, 0.29) is 5.91 Å². The molecule has 0 unspecified atom stereocenters. The van der Waals surface area contributed by atoms with Crippen molar-refractivity contribution in [3.63, 3.8) is 0 Å². The highest BCUT2D eigenvalue weighted by molar-refractivity contribution is 6.35. The quantitative estimate of drug-likeness (QED) is 0.397. The van der Waals surface area contributed by atoms with Gasteiger partial charge in [0.25, 0.3) is 5.91 Å². The van der Waals surface area contributed by atoms with Crippen LogP contribution in [-0.2, 0) is 13.1 Å². The molecule has 0 saturated carbocycles. The zero-order valence-corrected chi connectivity index (χ0v) is 19.6. The first-order valence-electron chi connectivity index (χ1n) is 10.2. The average molecular weight is 468 g/mol. The van der Waals surface area contributed by atoms with Gasteiger partial charge in [0.1, 0.15) is 0 Å². The van der Waals surface area contributed by atoms with Gasteiger partial charge in [0, 0.05) is 38.6 Å². The van der Waals surface area contributed by atoms with Crippen LogP contribution in [0.15, 0.2) is 54.6 Å². The lowest BCUT2D eigenvalue weighted by Crippen LogP contribution is -2.14. The van der Waals surface area contributed by atoms with E-state index in [0.717, 1.165) is 28.2 Å². The molecule has 1 N–H and O–H groups in total. The molecule has 2 aromatic carbocycles. The number of hydrogen-bond donors (Lipinski definition) is 1. The van der Waals surface area contributed by atoms with Crippen LogP contribution in [-0.4, -0.2) is 25.5 Å². The number of halogens is 2. The maximum absolute atomic E-state index is 12.9. The van der Waals surface area contributed by atoms with Crippen molar-refractivity contribution < 1.29 is 4.79 Å². The predicted octanol–water partition coefficient (Wildman–Crippen LogP) is 5.66. The van der Waals surface area contributed by atoms with Crippen molar-refractivity contribution in [1.29, 1.82) is 0 Å². The smallest absolute Gasteiger partial charge is 0.256 e. The zero-order valence-electron chi connectivity index (χ0n) is 18.1. The number of nitrogens with one attached hydrogen (secondary N) is 1. The molecule has 0 aliphatic heterocycles. The first-order valence-corrected chi connectivity index (χ1v) is 10.9. The Morgan fingerprint density at radius 1 is 0.875 bits per heavy atom. The minimum absolute atomic E-state index is 0.222. The zero-order chi connectivity index (χ0) is 22.8. The van der Waals surface area contributed by atoms with Crippen LogP contribution in [0.25, 0.3) is 0 Å². The van der Waals surface area contributed by atoms with Gasteiger partial charge in [0.05, 0.1) is 18.8 Å². The fourth-order valence-electron chi connectivity index (χ4n) is 3.57. The Hall–Kier alpha value is -3.09. The summed E-state index contributed by atoms with van der Waals surface area (Å²) in [6, 6.07) is 16.8. The van der Waals surface area contributed by atoms with Crippen molar-refractivity contribution in [3.05, 3.63) is 98.4 Å². The molecule has 2 aromatic heterocycles. The van der Waals surface area contributed by atoms with Gasteiger partial charge in [0.2, 0.25) is 0 Å². The van der Waals surface area contributed by atoms with Gasteiger partial charge in [-0.2, -0.15) is 10.2 Å². The maximum atomic E-state index is 12.9. The third-order valence-electron chi connectivity index (χ3n) is 5.22. The second kappa shape index (κ2) is 9.18. The standard InChI is InChI=1S/C24H23Cl2N5O/c1-15-10-16(2)30(28-15)13-18-6-4-7-19(12-18)24(32)27-23-11-17(3)31(29-23)14-20-21(25)8-5-9-22(20)26/h4-12H,13-14H2,1-3H3,(H,27,29,32). The molecule has 0 radical (unpaired) electrons. The SMILES string of the molecule is Cc1cc(C)n(Cc2cccc(C(=O)Nc3cc(C)n(Cc4c(Cl)cccc4Cl)n3)c2)n1.